The second-order valence-corrected chi connectivity index (χ2v) is 5.06. The number of amides is 1. The average molecular weight is 247 g/mol. The van der Waals surface area contributed by atoms with Crippen molar-refractivity contribution >= 4 is 11.6 Å². The van der Waals surface area contributed by atoms with Crippen molar-refractivity contribution in [3.05, 3.63) is 29.3 Å². The molecule has 1 atom stereocenters. The lowest BCUT2D eigenvalue weighted by atomic mass is 10.1. The van der Waals surface area contributed by atoms with Gasteiger partial charge in [-0.05, 0) is 31.0 Å². The highest BCUT2D eigenvalue weighted by atomic mass is 16.2. The highest BCUT2D eigenvalue weighted by Crippen LogP contribution is 2.24. The van der Waals surface area contributed by atoms with Crippen LogP contribution in [0.15, 0.2) is 18.2 Å². The van der Waals surface area contributed by atoms with Crippen molar-refractivity contribution in [1.29, 1.82) is 0 Å². The number of nitrogens with zero attached hydrogens (tertiary/aromatic N) is 2. The summed E-state index contributed by atoms with van der Waals surface area (Å²) in [7, 11) is 1.83. The van der Waals surface area contributed by atoms with Crippen molar-refractivity contribution < 1.29 is 4.79 Å². The van der Waals surface area contributed by atoms with Gasteiger partial charge in [0.1, 0.15) is 0 Å². The van der Waals surface area contributed by atoms with Gasteiger partial charge in [-0.3, -0.25) is 4.79 Å². The number of aryl methyl sites for hydroxylation is 2. The molecule has 0 aliphatic carbocycles. The fourth-order valence-electron chi connectivity index (χ4n) is 2.40. The minimum atomic E-state index is 0.103. The maximum atomic E-state index is 12.0. The number of carbonyl (C=O) groups excluding carboxylic acids is 1. The third kappa shape index (κ3) is 2.34. The fraction of sp³-hybridized carbons (Fsp3) is 0.500. The molecule has 0 radical (unpaired) electrons. The first kappa shape index (κ1) is 12.9. The zero-order chi connectivity index (χ0) is 13.3. The quantitative estimate of drug-likeness (QED) is 0.845. The second kappa shape index (κ2) is 4.98. The Morgan fingerprint density at radius 3 is 2.78 bits per heavy atom. The molecule has 1 saturated heterocycles. The Balaban J connectivity index is 2.28. The molecule has 0 saturated carbocycles. The highest BCUT2D eigenvalue weighted by Gasteiger charge is 2.29. The van der Waals surface area contributed by atoms with Crippen LogP contribution in [-0.4, -0.2) is 43.5 Å². The summed E-state index contributed by atoms with van der Waals surface area (Å²) in [6.45, 7) is 5.90. The molecule has 2 N–H and O–H groups in total. The predicted molar refractivity (Wildman–Crippen MR) is 73.7 cm³/mol. The summed E-state index contributed by atoms with van der Waals surface area (Å²) in [4.78, 5) is 15.9. The van der Waals surface area contributed by atoms with Crippen molar-refractivity contribution in [2.24, 2.45) is 5.73 Å². The smallest absolute Gasteiger partial charge is 0.242 e. The molecule has 1 aliphatic heterocycles. The molecule has 98 valence electrons. The van der Waals surface area contributed by atoms with E-state index in [4.69, 9.17) is 5.73 Å². The number of carbonyl (C=O) groups is 1. The number of anilines is 1. The van der Waals surface area contributed by atoms with Crippen LogP contribution < -0.4 is 10.6 Å². The lowest BCUT2D eigenvalue weighted by molar-refractivity contribution is -0.131. The van der Waals surface area contributed by atoms with E-state index in [0.29, 0.717) is 13.1 Å². The van der Waals surface area contributed by atoms with Gasteiger partial charge >= 0.3 is 0 Å². The summed E-state index contributed by atoms with van der Waals surface area (Å²) in [6.07, 6.45) is 0. The summed E-state index contributed by atoms with van der Waals surface area (Å²) in [5, 5.41) is 0. The Kier molecular flexibility index (Phi) is 3.57. The Labute approximate surface area is 108 Å². The molecule has 0 spiro atoms. The van der Waals surface area contributed by atoms with E-state index in [0.717, 1.165) is 12.2 Å². The van der Waals surface area contributed by atoms with Gasteiger partial charge in [-0.15, -0.1) is 0 Å². The summed E-state index contributed by atoms with van der Waals surface area (Å²) in [6, 6.07) is 6.44. The standard InChI is InChI=1S/C14H21N3O/c1-10-4-5-11(2)13(6-10)17-8-12(7-15)16(3)14(18)9-17/h4-6,12H,7-9,15H2,1-3H3. The maximum absolute atomic E-state index is 12.0. The molecule has 4 heteroatoms. The van der Waals surface area contributed by atoms with E-state index < -0.39 is 0 Å². The van der Waals surface area contributed by atoms with Gasteiger partial charge in [-0.25, -0.2) is 0 Å². The molecule has 2 rings (SSSR count). The number of piperazine rings is 1. The van der Waals surface area contributed by atoms with Gasteiger partial charge < -0.3 is 15.5 Å². The van der Waals surface area contributed by atoms with E-state index >= 15 is 0 Å². The predicted octanol–water partition coefficient (Wildman–Crippen LogP) is 0.909. The Bertz CT molecular complexity index is 458. The van der Waals surface area contributed by atoms with Crippen LogP contribution in [0.1, 0.15) is 11.1 Å². The van der Waals surface area contributed by atoms with E-state index in [9.17, 15) is 4.79 Å². The zero-order valence-corrected chi connectivity index (χ0v) is 11.3. The average Bonchev–Trinajstić information content (AvgIpc) is 2.35. The van der Waals surface area contributed by atoms with Gasteiger partial charge in [0.15, 0.2) is 0 Å². The number of nitrogens with two attached hydrogens (primary N) is 1. The minimum Gasteiger partial charge on any atom is -0.360 e. The van der Waals surface area contributed by atoms with Crippen molar-refractivity contribution in [3.63, 3.8) is 0 Å². The van der Waals surface area contributed by atoms with E-state index in [-0.39, 0.29) is 11.9 Å². The fourth-order valence-corrected chi connectivity index (χ4v) is 2.40. The maximum Gasteiger partial charge on any atom is 0.242 e. The van der Waals surface area contributed by atoms with Crippen LogP contribution in [0.3, 0.4) is 0 Å². The number of likely N-dealkylation sites (N-methyl/N-ethyl adjacent to an activating group) is 1. The molecule has 1 aliphatic rings. The highest BCUT2D eigenvalue weighted by molar-refractivity contribution is 5.83. The molecular formula is C14H21N3O. The summed E-state index contributed by atoms with van der Waals surface area (Å²) in [5.74, 6) is 0.137. The first-order valence-electron chi connectivity index (χ1n) is 6.31. The SMILES string of the molecule is Cc1ccc(C)c(N2CC(=O)N(C)C(CN)C2)c1. The van der Waals surface area contributed by atoms with Gasteiger partial charge in [0.05, 0.1) is 12.6 Å². The van der Waals surface area contributed by atoms with Gasteiger partial charge in [-0.1, -0.05) is 12.1 Å². The monoisotopic (exact) mass is 247 g/mol. The summed E-state index contributed by atoms with van der Waals surface area (Å²) in [5.41, 5.74) is 9.31. The van der Waals surface area contributed by atoms with E-state index in [1.54, 1.807) is 4.90 Å². The molecule has 1 aromatic rings. The van der Waals surface area contributed by atoms with Crippen molar-refractivity contribution in [2.45, 2.75) is 19.9 Å². The molecule has 0 bridgehead atoms. The van der Waals surface area contributed by atoms with Crippen molar-refractivity contribution in [2.75, 3.05) is 31.6 Å². The van der Waals surface area contributed by atoms with Gasteiger partial charge in [0.2, 0.25) is 5.91 Å². The molecule has 1 aromatic carbocycles. The topological polar surface area (TPSA) is 49.6 Å². The molecule has 1 heterocycles. The van der Waals surface area contributed by atoms with Crippen LogP contribution in [0.4, 0.5) is 5.69 Å². The van der Waals surface area contributed by atoms with Crippen molar-refractivity contribution in [3.8, 4) is 0 Å². The minimum absolute atomic E-state index is 0.103. The molecular weight excluding hydrogens is 226 g/mol. The first-order valence-corrected chi connectivity index (χ1v) is 6.31. The Morgan fingerprint density at radius 1 is 1.39 bits per heavy atom. The summed E-state index contributed by atoms with van der Waals surface area (Å²) < 4.78 is 0. The van der Waals surface area contributed by atoms with E-state index in [1.807, 2.05) is 7.05 Å². The number of hydrogen-bond donors (Lipinski definition) is 1. The first-order chi connectivity index (χ1) is 8.52. The lowest BCUT2D eigenvalue weighted by Crippen LogP contribution is -2.57. The normalized spacial score (nSPS) is 20.4. The Hall–Kier alpha value is -1.55. The van der Waals surface area contributed by atoms with Gasteiger partial charge in [0, 0.05) is 25.8 Å². The van der Waals surface area contributed by atoms with Crippen LogP contribution in [0, 0.1) is 13.8 Å². The van der Waals surface area contributed by atoms with Crippen LogP contribution in [0.25, 0.3) is 0 Å². The van der Waals surface area contributed by atoms with Crippen LogP contribution >= 0.6 is 0 Å². The van der Waals surface area contributed by atoms with Gasteiger partial charge in [-0.2, -0.15) is 0 Å². The molecule has 1 amide bonds. The molecule has 0 aromatic heterocycles. The zero-order valence-electron chi connectivity index (χ0n) is 11.3. The largest absolute Gasteiger partial charge is 0.360 e. The van der Waals surface area contributed by atoms with E-state index in [1.165, 1.54) is 11.1 Å². The molecule has 4 nitrogen and oxygen atoms in total. The van der Waals surface area contributed by atoms with Crippen molar-refractivity contribution in [1.82, 2.24) is 4.90 Å². The second-order valence-electron chi connectivity index (χ2n) is 5.06. The number of hydrogen-bond acceptors (Lipinski definition) is 3. The summed E-state index contributed by atoms with van der Waals surface area (Å²) >= 11 is 0. The van der Waals surface area contributed by atoms with Crippen LogP contribution in [0.2, 0.25) is 0 Å². The Morgan fingerprint density at radius 2 is 2.11 bits per heavy atom. The molecule has 18 heavy (non-hydrogen) atoms. The van der Waals surface area contributed by atoms with Crippen LogP contribution in [-0.2, 0) is 4.79 Å². The van der Waals surface area contributed by atoms with Gasteiger partial charge in [0.25, 0.3) is 0 Å². The number of benzene rings is 1. The lowest BCUT2D eigenvalue weighted by Gasteiger charge is -2.40. The molecule has 1 fully saturated rings. The number of rotatable bonds is 2. The third-order valence-corrected chi connectivity index (χ3v) is 3.68. The third-order valence-electron chi connectivity index (χ3n) is 3.68. The van der Waals surface area contributed by atoms with Crippen LogP contribution in [0.5, 0.6) is 0 Å². The molecule has 1 unspecified atom stereocenters. The van der Waals surface area contributed by atoms with E-state index in [2.05, 4.69) is 36.9 Å².